The lowest BCUT2D eigenvalue weighted by Gasteiger charge is -2.28. The van der Waals surface area contributed by atoms with Crippen LogP contribution in [0.15, 0.2) is 0 Å². The highest BCUT2D eigenvalue weighted by Crippen LogP contribution is 2.18. The van der Waals surface area contributed by atoms with E-state index in [9.17, 15) is 4.79 Å². The van der Waals surface area contributed by atoms with Crippen LogP contribution in [0.3, 0.4) is 0 Å². The van der Waals surface area contributed by atoms with Crippen LogP contribution in [0.2, 0.25) is 0 Å². The molecule has 3 unspecified atom stereocenters. The molecule has 0 aromatic carbocycles. The molecule has 1 fully saturated rings. The van der Waals surface area contributed by atoms with Crippen molar-refractivity contribution in [3.05, 3.63) is 0 Å². The van der Waals surface area contributed by atoms with Crippen LogP contribution in [0, 0.1) is 5.92 Å². The summed E-state index contributed by atoms with van der Waals surface area (Å²) in [5, 5.41) is 0. The maximum Gasteiger partial charge on any atom is 0.237 e. The fourth-order valence-corrected chi connectivity index (χ4v) is 2.09. The molecule has 1 rings (SSSR count). The third-order valence-electron chi connectivity index (χ3n) is 3.05. The second-order valence-electron chi connectivity index (χ2n) is 4.28. The SMILES string of the molecule is CC(CN(C)C1CCOC1C)C(=O)NN. The molecule has 0 aliphatic carbocycles. The number of nitrogens with two attached hydrogens (primary N) is 1. The summed E-state index contributed by atoms with van der Waals surface area (Å²) in [7, 11) is 2.02. The summed E-state index contributed by atoms with van der Waals surface area (Å²) in [5.41, 5.74) is 2.18. The van der Waals surface area contributed by atoms with Crippen LogP contribution in [0.5, 0.6) is 0 Å². The van der Waals surface area contributed by atoms with Crippen molar-refractivity contribution in [2.75, 3.05) is 20.2 Å². The number of rotatable bonds is 4. The molecule has 1 heterocycles. The van der Waals surface area contributed by atoms with Gasteiger partial charge in [-0.25, -0.2) is 5.84 Å². The first-order chi connectivity index (χ1) is 7.06. The Hall–Kier alpha value is -0.650. The van der Waals surface area contributed by atoms with Crippen molar-refractivity contribution in [1.29, 1.82) is 0 Å². The standard InChI is InChI=1S/C10H21N3O2/c1-7(10(14)12-11)6-13(3)9-4-5-15-8(9)2/h7-9H,4-6,11H2,1-3H3,(H,12,14). The number of likely N-dealkylation sites (N-methyl/N-ethyl adjacent to an activating group) is 1. The smallest absolute Gasteiger partial charge is 0.237 e. The number of ether oxygens (including phenoxy) is 1. The average Bonchev–Trinajstić information content (AvgIpc) is 2.63. The molecule has 3 atom stereocenters. The number of amides is 1. The van der Waals surface area contributed by atoms with Crippen LogP contribution in [0.25, 0.3) is 0 Å². The van der Waals surface area contributed by atoms with Gasteiger partial charge in [-0.3, -0.25) is 15.1 Å². The third kappa shape index (κ3) is 3.15. The molecule has 0 bridgehead atoms. The molecule has 5 heteroatoms. The molecule has 1 saturated heterocycles. The molecule has 1 amide bonds. The Kier molecular flexibility index (Phi) is 4.50. The van der Waals surface area contributed by atoms with E-state index in [1.54, 1.807) is 0 Å². The molecular weight excluding hydrogens is 194 g/mol. The predicted octanol–water partition coefficient (Wildman–Crippen LogP) is -0.278. The van der Waals surface area contributed by atoms with Crippen LogP contribution >= 0.6 is 0 Å². The molecule has 1 aliphatic rings. The van der Waals surface area contributed by atoms with Crippen LogP contribution in [-0.2, 0) is 9.53 Å². The Morgan fingerprint density at radius 2 is 2.40 bits per heavy atom. The lowest BCUT2D eigenvalue weighted by molar-refractivity contribution is -0.125. The summed E-state index contributed by atoms with van der Waals surface area (Å²) >= 11 is 0. The van der Waals surface area contributed by atoms with Gasteiger partial charge < -0.3 is 4.74 Å². The molecule has 5 nitrogen and oxygen atoms in total. The summed E-state index contributed by atoms with van der Waals surface area (Å²) in [6.07, 6.45) is 1.29. The zero-order chi connectivity index (χ0) is 11.4. The molecule has 3 N–H and O–H groups in total. The number of hydrogen-bond donors (Lipinski definition) is 2. The summed E-state index contributed by atoms with van der Waals surface area (Å²) in [6.45, 7) is 5.47. The van der Waals surface area contributed by atoms with Crippen molar-refractivity contribution in [3.63, 3.8) is 0 Å². The Balaban J connectivity index is 2.40. The zero-order valence-corrected chi connectivity index (χ0v) is 9.69. The van der Waals surface area contributed by atoms with E-state index in [1.807, 2.05) is 14.0 Å². The topological polar surface area (TPSA) is 67.6 Å². The first-order valence-corrected chi connectivity index (χ1v) is 5.38. The Morgan fingerprint density at radius 3 is 2.87 bits per heavy atom. The minimum Gasteiger partial charge on any atom is -0.377 e. The monoisotopic (exact) mass is 215 g/mol. The Morgan fingerprint density at radius 1 is 1.73 bits per heavy atom. The summed E-state index contributed by atoms with van der Waals surface area (Å²) in [6, 6.07) is 0.415. The maximum atomic E-state index is 11.2. The summed E-state index contributed by atoms with van der Waals surface area (Å²) in [5.74, 6) is 4.88. The molecule has 0 saturated carbocycles. The van der Waals surface area contributed by atoms with Crippen LogP contribution in [0.4, 0.5) is 0 Å². The van der Waals surface area contributed by atoms with E-state index < -0.39 is 0 Å². The minimum atomic E-state index is -0.117. The van der Waals surface area contributed by atoms with E-state index in [0.29, 0.717) is 12.6 Å². The van der Waals surface area contributed by atoms with E-state index in [4.69, 9.17) is 10.6 Å². The molecule has 0 radical (unpaired) electrons. The van der Waals surface area contributed by atoms with Gasteiger partial charge >= 0.3 is 0 Å². The molecule has 0 aromatic heterocycles. The van der Waals surface area contributed by atoms with Crippen molar-refractivity contribution in [3.8, 4) is 0 Å². The van der Waals surface area contributed by atoms with E-state index in [0.717, 1.165) is 13.0 Å². The molecule has 0 spiro atoms. The highest BCUT2D eigenvalue weighted by atomic mass is 16.5. The number of hydrazine groups is 1. The van der Waals surface area contributed by atoms with Crippen molar-refractivity contribution >= 4 is 5.91 Å². The van der Waals surface area contributed by atoms with Gasteiger partial charge in [-0.2, -0.15) is 0 Å². The van der Waals surface area contributed by atoms with Gasteiger partial charge in [0.05, 0.1) is 6.10 Å². The Bertz CT molecular complexity index is 223. The van der Waals surface area contributed by atoms with Crippen molar-refractivity contribution in [1.82, 2.24) is 10.3 Å². The van der Waals surface area contributed by atoms with Crippen molar-refractivity contribution < 1.29 is 9.53 Å². The molecular formula is C10H21N3O2. The molecule has 15 heavy (non-hydrogen) atoms. The highest BCUT2D eigenvalue weighted by molar-refractivity contribution is 5.77. The largest absolute Gasteiger partial charge is 0.377 e. The second kappa shape index (κ2) is 5.44. The van der Waals surface area contributed by atoms with Crippen LogP contribution < -0.4 is 11.3 Å². The summed E-state index contributed by atoms with van der Waals surface area (Å²) in [4.78, 5) is 13.4. The van der Waals surface area contributed by atoms with Gasteiger partial charge in [-0.1, -0.05) is 6.92 Å². The third-order valence-corrected chi connectivity index (χ3v) is 3.05. The van der Waals surface area contributed by atoms with Gasteiger partial charge in [0.1, 0.15) is 0 Å². The first kappa shape index (κ1) is 12.4. The molecule has 1 aliphatic heterocycles. The van der Waals surface area contributed by atoms with Crippen LogP contribution in [0.1, 0.15) is 20.3 Å². The van der Waals surface area contributed by atoms with Gasteiger partial charge in [-0.05, 0) is 20.4 Å². The van der Waals surface area contributed by atoms with E-state index in [2.05, 4.69) is 17.2 Å². The fraction of sp³-hybridized carbons (Fsp3) is 0.900. The van der Waals surface area contributed by atoms with E-state index in [-0.39, 0.29) is 17.9 Å². The molecule has 0 aromatic rings. The maximum absolute atomic E-state index is 11.2. The number of nitrogens with one attached hydrogen (secondary N) is 1. The van der Waals surface area contributed by atoms with E-state index >= 15 is 0 Å². The second-order valence-corrected chi connectivity index (χ2v) is 4.28. The normalized spacial score (nSPS) is 28.1. The first-order valence-electron chi connectivity index (χ1n) is 5.38. The average molecular weight is 215 g/mol. The minimum absolute atomic E-state index is 0.0900. The fourth-order valence-electron chi connectivity index (χ4n) is 2.09. The van der Waals surface area contributed by atoms with Gasteiger partial charge in [-0.15, -0.1) is 0 Å². The van der Waals surface area contributed by atoms with Crippen molar-refractivity contribution in [2.24, 2.45) is 11.8 Å². The lowest BCUT2D eigenvalue weighted by atomic mass is 10.1. The van der Waals surface area contributed by atoms with Crippen LogP contribution in [-0.4, -0.2) is 43.2 Å². The van der Waals surface area contributed by atoms with Gasteiger partial charge in [0.2, 0.25) is 5.91 Å². The number of carbonyl (C=O) groups is 1. The molecule has 88 valence electrons. The zero-order valence-electron chi connectivity index (χ0n) is 9.69. The van der Waals surface area contributed by atoms with Gasteiger partial charge in [0, 0.05) is 25.1 Å². The lowest BCUT2D eigenvalue weighted by Crippen LogP contribution is -2.44. The van der Waals surface area contributed by atoms with E-state index in [1.165, 1.54) is 0 Å². The van der Waals surface area contributed by atoms with Gasteiger partial charge in [0.25, 0.3) is 0 Å². The highest BCUT2D eigenvalue weighted by Gasteiger charge is 2.29. The predicted molar refractivity (Wildman–Crippen MR) is 57.9 cm³/mol. The van der Waals surface area contributed by atoms with Gasteiger partial charge in [0.15, 0.2) is 0 Å². The summed E-state index contributed by atoms with van der Waals surface area (Å²) < 4.78 is 5.49. The Labute approximate surface area is 90.9 Å². The van der Waals surface area contributed by atoms with Crippen molar-refractivity contribution in [2.45, 2.75) is 32.4 Å². The number of nitrogens with zero attached hydrogens (tertiary/aromatic N) is 1. The number of carbonyl (C=O) groups excluding carboxylic acids is 1. The quantitative estimate of drug-likeness (QED) is 0.384. The number of hydrogen-bond acceptors (Lipinski definition) is 4.